The molecule has 1 N–H and O–H groups in total. The number of benzene rings is 1. The van der Waals surface area contributed by atoms with E-state index in [0.717, 1.165) is 43.5 Å². The Labute approximate surface area is 118 Å². The first-order chi connectivity index (χ1) is 9.40. The number of hydrogen-bond acceptors (Lipinski definition) is 3. The molecule has 1 aromatic rings. The molecule has 4 heteroatoms. The lowest BCUT2D eigenvalue weighted by atomic mass is 10.1. The van der Waals surface area contributed by atoms with Gasteiger partial charge in [-0.05, 0) is 18.4 Å². The number of amidine groups is 1. The molecule has 2 heterocycles. The first-order valence-electron chi connectivity index (χ1n) is 6.95. The van der Waals surface area contributed by atoms with Crippen LogP contribution in [-0.4, -0.2) is 36.7 Å². The molecule has 0 bridgehead atoms. The molecule has 2 saturated heterocycles. The molecule has 1 aromatic carbocycles. The molecule has 2 atom stereocenters. The molecule has 3 nitrogen and oxygen atoms in total. The molecule has 3 rings (SSSR count). The summed E-state index contributed by atoms with van der Waals surface area (Å²) < 4.78 is 5.38. The Hall–Kier alpha value is -1.00. The maximum absolute atomic E-state index is 5.38. The molecule has 19 heavy (non-hydrogen) atoms. The van der Waals surface area contributed by atoms with Crippen LogP contribution in [0.1, 0.15) is 12.0 Å². The minimum absolute atomic E-state index is 0.519. The van der Waals surface area contributed by atoms with Crippen molar-refractivity contribution >= 4 is 16.9 Å². The minimum atomic E-state index is 0.519. The Kier molecular flexibility index (Phi) is 4.41. The second kappa shape index (κ2) is 6.44. The van der Waals surface area contributed by atoms with Crippen LogP contribution in [0.25, 0.3) is 0 Å². The zero-order chi connectivity index (χ0) is 12.9. The third-order valence-corrected chi connectivity index (χ3v) is 4.68. The van der Waals surface area contributed by atoms with Gasteiger partial charge < -0.3 is 10.1 Å². The van der Waals surface area contributed by atoms with Crippen molar-refractivity contribution in [3.05, 3.63) is 35.9 Å². The highest BCUT2D eigenvalue weighted by Crippen LogP contribution is 2.19. The number of nitrogens with zero attached hydrogens (tertiary/aromatic N) is 1. The van der Waals surface area contributed by atoms with Crippen molar-refractivity contribution in [2.45, 2.75) is 18.9 Å². The average molecular weight is 276 g/mol. The third-order valence-electron chi connectivity index (χ3n) is 3.59. The van der Waals surface area contributed by atoms with Gasteiger partial charge in [0.15, 0.2) is 5.17 Å². The number of rotatable bonds is 4. The zero-order valence-corrected chi connectivity index (χ0v) is 11.9. The van der Waals surface area contributed by atoms with Gasteiger partial charge in [0.1, 0.15) is 0 Å². The summed E-state index contributed by atoms with van der Waals surface area (Å²) in [6, 6.07) is 11.2. The van der Waals surface area contributed by atoms with Crippen molar-refractivity contribution in [2.24, 2.45) is 10.9 Å². The van der Waals surface area contributed by atoms with E-state index in [1.54, 1.807) is 0 Å². The highest BCUT2D eigenvalue weighted by molar-refractivity contribution is 8.14. The molecule has 0 aliphatic carbocycles. The fourth-order valence-electron chi connectivity index (χ4n) is 2.48. The maximum Gasteiger partial charge on any atom is 0.156 e. The zero-order valence-electron chi connectivity index (χ0n) is 11.0. The van der Waals surface area contributed by atoms with Gasteiger partial charge in [0.05, 0.1) is 6.61 Å². The van der Waals surface area contributed by atoms with Crippen molar-refractivity contribution in [1.82, 2.24) is 5.32 Å². The molecule has 0 aromatic heterocycles. The van der Waals surface area contributed by atoms with Crippen molar-refractivity contribution in [2.75, 3.05) is 25.5 Å². The van der Waals surface area contributed by atoms with Crippen LogP contribution in [-0.2, 0) is 11.2 Å². The number of hydrogen-bond donors (Lipinski definition) is 1. The van der Waals surface area contributed by atoms with Gasteiger partial charge in [-0.2, -0.15) is 0 Å². The lowest BCUT2D eigenvalue weighted by Crippen LogP contribution is -2.29. The van der Waals surface area contributed by atoms with Gasteiger partial charge in [-0.25, -0.2) is 0 Å². The molecule has 0 radical (unpaired) electrons. The predicted molar refractivity (Wildman–Crippen MR) is 80.8 cm³/mol. The van der Waals surface area contributed by atoms with Crippen molar-refractivity contribution in [1.29, 1.82) is 0 Å². The molecular weight excluding hydrogens is 256 g/mol. The van der Waals surface area contributed by atoms with Gasteiger partial charge in [-0.15, -0.1) is 0 Å². The largest absolute Gasteiger partial charge is 0.381 e. The quantitative estimate of drug-likeness (QED) is 0.916. The molecule has 2 aliphatic heterocycles. The van der Waals surface area contributed by atoms with Crippen LogP contribution < -0.4 is 5.32 Å². The van der Waals surface area contributed by atoms with E-state index < -0.39 is 0 Å². The number of ether oxygens (including phenoxy) is 1. The molecule has 102 valence electrons. The summed E-state index contributed by atoms with van der Waals surface area (Å²) in [5, 5.41) is 4.65. The monoisotopic (exact) mass is 276 g/mol. The highest BCUT2D eigenvalue weighted by Gasteiger charge is 2.21. The van der Waals surface area contributed by atoms with Crippen molar-refractivity contribution in [3.8, 4) is 0 Å². The van der Waals surface area contributed by atoms with E-state index >= 15 is 0 Å². The number of nitrogens with one attached hydrogen (secondary N) is 1. The van der Waals surface area contributed by atoms with Crippen LogP contribution in [0.2, 0.25) is 0 Å². The second-order valence-electron chi connectivity index (χ2n) is 5.22. The lowest BCUT2D eigenvalue weighted by molar-refractivity contribution is 0.187. The van der Waals surface area contributed by atoms with E-state index in [4.69, 9.17) is 4.74 Å². The van der Waals surface area contributed by atoms with Crippen LogP contribution in [0.3, 0.4) is 0 Å². The van der Waals surface area contributed by atoms with Crippen LogP contribution in [0.15, 0.2) is 35.3 Å². The first kappa shape index (κ1) is 13.0. The van der Waals surface area contributed by atoms with Crippen LogP contribution in [0.5, 0.6) is 0 Å². The summed E-state index contributed by atoms with van der Waals surface area (Å²) in [6.45, 7) is 2.70. The summed E-state index contributed by atoms with van der Waals surface area (Å²) >= 11 is 1.85. The van der Waals surface area contributed by atoms with Gasteiger partial charge in [0, 0.05) is 30.9 Å². The van der Waals surface area contributed by atoms with E-state index in [0.29, 0.717) is 12.0 Å². The standard InChI is InChI=1S/C15H20N2OS/c1-2-4-12(5-3-1)8-14-11-19-15(17-14)16-9-13-6-7-18-10-13/h1-5,13-14H,6-11H2,(H,16,17). The summed E-state index contributed by atoms with van der Waals surface area (Å²) in [5.74, 6) is 1.75. The van der Waals surface area contributed by atoms with E-state index in [1.807, 2.05) is 11.8 Å². The SMILES string of the molecule is c1ccc(CC2CSC(=NCC3CCOC3)N2)cc1. The van der Waals surface area contributed by atoms with Gasteiger partial charge in [-0.3, -0.25) is 4.99 Å². The van der Waals surface area contributed by atoms with E-state index in [-0.39, 0.29) is 0 Å². The molecule has 2 fully saturated rings. The maximum atomic E-state index is 5.38. The molecule has 0 saturated carbocycles. The fourth-order valence-corrected chi connectivity index (χ4v) is 3.45. The van der Waals surface area contributed by atoms with E-state index in [9.17, 15) is 0 Å². The number of thioether (sulfide) groups is 1. The summed E-state index contributed by atoms with van der Waals surface area (Å²) in [4.78, 5) is 4.69. The van der Waals surface area contributed by atoms with Gasteiger partial charge in [-0.1, -0.05) is 42.1 Å². The van der Waals surface area contributed by atoms with Gasteiger partial charge in [0.25, 0.3) is 0 Å². The van der Waals surface area contributed by atoms with E-state index in [1.165, 1.54) is 5.56 Å². The Morgan fingerprint density at radius 1 is 1.32 bits per heavy atom. The Morgan fingerprint density at radius 2 is 2.21 bits per heavy atom. The highest BCUT2D eigenvalue weighted by atomic mass is 32.2. The molecule has 0 amide bonds. The summed E-state index contributed by atoms with van der Waals surface area (Å²) in [5.41, 5.74) is 1.39. The first-order valence-corrected chi connectivity index (χ1v) is 7.94. The van der Waals surface area contributed by atoms with Crippen LogP contribution in [0.4, 0.5) is 0 Å². The molecule has 2 unspecified atom stereocenters. The Balaban J connectivity index is 1.48. The van der Waals surface area contributed by atoms with E-state index in [2.05, 4.69) is 40.6 Å². The molecule has 0 spiro atoms. The molecular formula is C15H20N2OS. The summed E-state index contributed by atoms with van der Waals surface area (Å²) in [7, 11) is 0. The minimum Gasteiger partial charge on any atom is -0.381 e. The van der Waals surface area contributed by atoms with Crippen molar-refractivity contribution in [3.63, 3.8) is 0 Å². The Bertz CT molecular complexity index is 429. The van der Waals surface area contributed by atoms with Crippen molar-refractivity contribution < 1.29 is 4.74 Å². The Morgan fingerprint density at radius 3 is 3.00 bits per heavy atom. The summed E-state index contributed by atoms with van der Waals surface area (Å²) in [6.07, 6.45) is 2.24. The van der Waals surface area contributed by atoms with Crippen LogP contribution in [0, 0.1) is 5.92 Å². The predicted octanol–water partition coefficient (Wildman–Crippen LogP) is 2.33. The lowest BCUT2D eigenvalue weighted by Gasteiger charge is -2.10. The van der Waals surface area contributed by atoms with Gasteiger partial charge >= 0.3 is 0 Å². The van der Waals surface area contributed by atoms with Crippen LogP contribution >= 0.6 is 11.8 Å². The smallest absolute Gasteiger partial charge is 0.156 e. The third kappa shape index (κ3) is 3.74. The molecule has 2 aliphatic rings. The fraction of sp³-hybridized carbons (Fsp3) is 0.533. The topological polar surface area (TPSA) is 33.6 Å². The van der Waals surface area contributed by atoms with Gasteiger partial charge in [0.2, 0.25) is 0 Å². The second-order valence-corrected chi connectivity index (χ2v) is 6.23. The number of aliphatic imine (C=N–C) groups is 1. The average Bonchev–Trinajstić information content (AvgIpc) is 3.09. The normalized spacial score (nSPS) is 28.7.